The summed E-state index contributed by atoms with van der Waals surface area (Å²) in [6, 6.07) is 24.8. The molecule has 0 spiro atoms. The average molecular weight is 399 g/mol. The Bertz CT molecular complexity index is 1030. The SMILES string of the molecule is c1ccc(Oc2ccc(CN=C3Cc4ccc(NC5CCOC5)cc4N3)cc2)cc1. The molecule has 2 heterocycles. The van der Waals surface area contributed by atoms with Gasteiger partial charge < -0.3 is 20.1 Å². The van der Waals surface area contributed by atoms with E-state index in [1.54, 1.807) is 0 Å². The van der Waals surface area contributed by atoms with Gasteiger partial charge in [-0.1, -0.05) is 36.4 Å². The summed E-state index contributed by atoms with van der Waals surface area (Å²) in [6.07, 6.45) is 1.91. The van der Waals surface area contributed by atoms with Crippen molar-refractivity contribution >= 4 is 17.2 Å². The molecule has 30 heavy (non-hydrogen) atoms. The topological polar surface area (TPSA) is 54.9 Å². The van der Waals surface area contributed by atoms with Crippen LogP contribution in [0.25, 0.3) is 0 Å². The molecule has 0 radical (unpaired) electrons. The molecule has 2 aliphatic rings. The van der Waals surface area contributed by atoms with Crippen LogP contribution in [-0.4, -0.2) is 25.1 Å². The number of benzene rings is 3. The van der Waals surface area contributed by atoms with Crippen LogP contribution in [-0.2, 0) is 17.7 Å². The third-order valence-electron chi connectivity index (χ3n) is 5.40. The van der Waals surface area contributed by atoms with Crippen LogP contribution in [0.5, 0.6) is 11.5 Å². The Morgan fingerprint density at radius 1 is 1.00 bits per heavy atom. The van der Waals surface area contributed by atoms with Gasteiger partial charge in [-0.2, -0.15) is 0 Å². The molecule has 5 heteroatoms. The standard InChI is InChI=1S/C25H25N3O2/c1-2-4-22(5-3-1)30-23-10-6-18(7-11-23)16-26-25-14-19-8-9-20(15-24(19)28-25)27-21-12-13-29-17-21/h1-11,15,21,27H,12-14,16-17H2,(H,26,28). The zero-order valence-electron chi connectivity index (χ0n) is 16.8. The molecule has 0 aliphatic carbocycles. The molecule has 2 N–H and O–H groups in total. The van der Waals surface area contributed by atoms with Crippen LogP contribution >= 0.6 is 0 Å². The van der Waals surface area contributed by atoms with E-state index < -0.39 is 0 Å². The zero-order chi connectivity index (χ0) is 20.2. The monoisotopic (exact) mass is 399 g/mol. The van der Waals surface area contributed by atoms with Crippen molar-refractivity contribution < 1.29 is 9.47 Å². The van der Waals surface area contributed by atoms with Crippen molar-refractivity contribution in [3.63, 3.8) is 0 Å². The number of ether oxygens (including phenoxy) is 2. The maximum atomic E-state index is 5.85. The molecule has 0 saturated carbocycles. The van der Waals surface area contributed by atoms with Gasteiger partial charge in [-0.05, 0) is 53.9 Å². The summed E-state index contributed by atoms with van der Waals surface area (Å²) < 4.78 is 11.3. The molecular weight excluding hydrogens is 374 g/mol. The van der Waals surface area contributed by atoms with E-state index >= 15 is 0 Å². The van der Waals surface area contributed by atoms with E-state index in [0.717, 1.165) is 60.3 Å². The molecule has 3 aromatic rings. The summed E-state index contributed by atoms with van der Waals surface area (Å²) in [5.41, 5.74) is 4.72. The Balaban J connectivity index is 1.18. The van der Waals surface area contributed by atoms with Gasteiger partial charge in [-0.15, -0.1) is 0 Å². The van der Waals surface area contributed by atoms with Crippen molar-refractivity contribution in [2.24, 2.45) is 4.99 Å². The lowest BCUT2D eigenvalue weighted by Crippen LogP contribution is -2.18. The Morgan fingerprint density at radius 2 is 1.83 bits per heavy atom. The van der Waals surface area contributed by atoms with E-state index in [-0.39, 0.29) is 0 Å². The first kappa shape index (κ1) is 18.7. The lowest BCUT2D eigenvalue weighted by Gasteiger charge is -2.13. The summed E-state index contributed by atoms with van der Waals surface area (Å²) in [5, 5.41) is 7.02. The first-order chi connectivity index (χ1) is 14.8. The minimum Gasteiger partial charge on any atom is -0.457 e. The van der Waals surface area contributed by atoms with Gasteiger partial charge in [0, 0.05) is 24.4 Å². The molecule has 0 bridgehead atoms. The first-order valence-corrected chi connectivity index (χ1v) is 10.4. The van der Waals surface area contributed by atoms with Gasteiger partial charge in [0.25, 0.3) is 0 Å². The fraction of sp³-hybridized carbons (Fsp3) is 0.240. The van der Waals surface area contributed by atoms with Crippen molar-refractivity contribution in [3.8, 4) is 11.5 Å². The van der Waals surface area contributed by atoms with Crippen molar-refractivity contribution in [2.75, 3.05) is 23.8 Å². The predicted octanol–water partition coefficient (Wildman–Crippen LogP) is 5.25. The second-order valence-electron chi connectivity index (χ2n) is 7.70. The lowest BCUT2D eigenvalue weighted by atomic mass is 10.1. The number of amidine groups is 1. The normalized spacial score (nSPS) is 18.8. The molecule has 1 atom stereocenters. The summed E-state index contributed by atoms with van der Waals surface area (Å²) in [4.78, 5) is 4.78. The minimum atomic E-state index is 0.409. The van der Waals surface area contributed by atoms with Gasteiger partial charge in [0.1, 0.15) is 17.3 Å². The van der Waals surface area contributed by atoms with Gasteiger partial charge in [0.05, 0.1) is 19.2 Å². The molecule has 0 amide bonds. The summed E-state index contributed by atoms with van der Waals surface area (Å²) in [6.45, 7) is 2.27. The molecule has 152 valence electrons. The number of rotatable bonds is 6. The minimum absolute atomic E-state index is 0.409. The van der Waals surface area contributed by atoms with E-state index in [0.29, 0.717) is 12.6 Å². The number of para-hydroxylation sites is 1. The number of hydrogen-bond donors (Lipinski definition) is 2. The van der Waals surface area contributed by atoms with Crippen LogP contribution in [0.3, 0.4) is 0 Å². The maximum Gasteiger partial charge on any atom is 0.127 e. The van der Waals surface area contributed by atoms with Crippen LogP contribution in [0.2, 0.25) is 0 Å². The van der Waals surface area contributed by atoms with Gasteiger partial charge in [0.15, 0.2) is 0 Å². The third-order valence-corrected chi connectivity index (χ3v) is 5.40. The summed E-state index contributed by atoms with van der Waals surface area (Å²) in [7, 11) is 0. The van der Waals surface area contributed by atoms with Gasteiger partial charge in [-0.3, -0.25) is 4.99 Å². The second-order valence-corrected chi connectivity index (χ2v) is 7.70. The van der Waals surface area contributed by atoms with Crippen molar-refractivity contribution in [2.45, 2.75) is 25.4 Å². The van der Waals surface area contributed by atoms with E-state index in [1.165, 1.54) is 5.56 Å². The van der Waals surface area contributed by atoms with Crippen molar-refractivity contribution in [1.82, 2.24) is 0 Å². The highest BCUT2D eigenvalue weighted by molar-refractivity contribution is 6.03. The third kappa shape index (κ3) is 4.47. The van der Waals surface area contributed by atoms with Crippen LogP contribution in [0.1, 0.15) is 17.5 Å². The van der Waals surface area contributed by atoms with E-state index in [4.69, 9.17) is 14.5 Å². The molecule has 0 aromatic heterocycles. The highest BCUT2D eigenvalue weighted by Gasteiger charge is 2.19. The zero-order valence-corrected chi connectivity index (χ0v) is 16.8. The Morgan fingerprint density at radius 3 is 2.63 bits per heavy atom. The van der Waals surface area contributed by atoms with Crippen molar-refractivity contribution in [3.05, 3.63) is 83.9 Å². The quantitative estimate of drug-likeness (QED) is 0.595. The Hall–Kier alpha value is -3.31. The number of nitrogens with one attached hydrogen (secondary N) is 2. The van der Waals surface area contributed by atoms with Gasteiger partial charge >= 0.3 is 0 Å². The van der Waals surface area contributed by atoms with Gasteiger partial charge in [-0.25, -0.2) is 0 Å². The molecule has 5 nitrogen and oxygen atoms in total. The van der Waals surface area contributed by atoms with Crippen LogP contribution in [0.4, 0.5) is 11.4 Å². The number of fused-ring (bicyclic) bond motifs is 1. The fourth-order valence-electron chi connectivity index (χ4n) is 3.77. The molecule has 1 fully saturated rings. The summed E-state index contributed by atoms with van der Waals surface area (Å²) in [5.74, 6) is 2.68. The van der Waals surface area contributed by atoms with Gasteiger partial charge in [0.2, 0.25) is 0 Å². The number of nitrogens with zero attached hydrogens (tertiary/aromatic N) is 1. The predicted molar refractivity (Wildman–Crippen MR) is 121 cm³/mol. The maximum absolute atomic E-state index is 5.85. The van der Waals surface area contributed by atoms with Crippen molar-refractivity contribution in [1.29, 1.82) is 0 Å². The molecule has 1 unspecified atom stereocenters. The van der Waals surface area contributed by atoms with Crippen LogP contribution in [0, 0.1) is 0 Å². The largest absolute Gasteiger partial charge is 0.457 e. The van der Waals surface area contributed by atoms with Crippen LogP contribution in [0.15, 0.2) is 77.8 Å². The summed E-state index contributed by atoms with van der Waals surface area (Å²) >= 11 is 0. The molecule has 1 saturated heterocycles. The van der Waals surface area contributed by atoms with E-state index in [1.807, 2.05) is 42.5 Å². The average Bonchev–Trinajstić information content (AvgIpc) is 3.43. The highest BCUT2D eigenvalue weighted by Crippen LogP contribution is 2.28. The fourth-order valence-corrected chi connectivity index (χ4v) is 3.77. The Kier molecular flexibility index (Phi) is 5.36. The Labute approximate surface area is 176 Å². The molecule has 2 aliphatic heterocycles. The van der Waals surface area contributed by atoms with Crippen LogP contribution < -0.4 is 15.4 Å². The molecular formula is C25H25N3O2. The smallest absolute Gasteiger partial charge is 0.127 e. The molecule has 3 aromatic carbocycles. The lowest BCUT2D eigenvalue weighted by molar-refractivity contribution is 0.195. The number of hydrogen-bond acceptors (Lipinski definition) is 4. The second kappa shape index (κ2) is 8.59. The number of aliphatic imine (C=N–C) groups is 1. The highest BCUT2D eigenvalue weighted by atomic mass is 16.5. The van der Waals surface area contributed by atoms with E-state index in [9.17, 15) is 0 Å². The molecule has 5 rings (SSSR count). The number of anilines is 2. The van der Waals surface area contributed by atoms with E-state index in [2.05, 4.69) is 41.0 Å². The first-order valence-electron chi connectivity index (χ1n) is 10.4.